The van der Waals surface area contributed by atoms with Crippen LogP contribution in [-0.2, 0) is 6.42 Å². The molecule has 0 saturated carbocycles. The molecule has 3 aromatic carbocycles. The first-order valence-electron chi connectivity index (χ1n) is 7.58. The van der Waals surface area contributed by atoms with Crippen LogP contribution in [0.25, 0.3) is 11.1 Å². The van der Waals surface area contributed by atoms with Gasteiger partial charge >= 0.3 is 0 Å². The van der Waals surface area contributed by atoms with Gasteiger partial charge in [0.05, 0.1) is 0 Å². The number of hydrogen-bond donors (Lipinski definition) is 0. The Labute approximate surface area is 131 Å². The second-order valence-electron chi connectivity index (χ2n) is 5.25. The van der Waals surface area contributed by atoms with Crippen molar-refractivity contribution in [2.45, 2.75) is 13.3 Å². The molecule has 0 spiro atoms. The van der Waals surface area contributed by atoms with Gasteiger partial charge < -0.3 is 0 Å². The van der Waals surface area contributed by atoms with E-state index in [1.54, 1.807) is 0 Å². The summed E-state index contributed by atoms with van der Waals surface area (Å²) in [6.45, 7) is 2.14. The molecule has 0 aliphatic heterocycles. The Morgan fingerprint density at radius 1 is 0.727 bits per heavy atom. The third-order valence-corrected chi connectivity index (χ3v) is 3.90. The summed E-state index contributed by atoms with van der Waals surface area (Å²) in [5.41, 5.74) is 4.90. The van der Waals surface area contributed by atoms with Gasteiger partial charge in [-0.15, -0.1) is 0 Å². The summed E-state index contributed by atoms with van der Waals surface area (Å²) >= 11 is 0. The summed E-state index contributed by atoms with van der Waals surface area (Å²) in [5, 5.41) is 0. The summed E-state index contributed by atoms with van der Waals surface area (Å²) in [6, 6.07) is 25.6. The molecule has 0 aliphatic carbocycles. The van der Waals surface area contributed by atoms with Crippen LogP contribution in [0.1, 0.15) is 28.4 Å². The van der Waals surface area contributed by atoms with Crippen molar-refractivity contribution in [3.8, 4) is 11.1 Å². The summed E-state index contributed by atoms with van der Waals surface area (Å²) in [7, 11) is 0. The first kappa shape index (κ1) is 14.3. The standard InChI is InChI=1S/C21H18O/c1-2-16-10-6-7-13-18(16)19-14-8-9-15-20(19)21(22)17-11-4-3-5-12-17/h3-15H,2H2,1H3. The van der Waals surface area contributed by atoms with Gasteiger partial charge in [-0.1, -0.05) is 85.8 Å². The monoisotopic (exact) mass is 286 g/mol. The molecule has 0 heterocycles. The lowest BCUT2D eigenvalue weighted by atomic mass is 9.91. The van der Waals surface area contributed by atoms with Gasteiger partial charge in [0.2, 0.25) is 0 Å². The molecule has 0 radical (unpaired) electrons. The fourth-order valence-corrected chi connectivity index (χ4v) is 2.75. The molecule has 0 fully saturated rings. The maximum Gasteiger partial charge on any atom is 0.193 e. The van der Waals surface area contributed by atoms with E-state index in [0.29, 0.717) is 0 Å². The largest absolute Gasteiger partial charge is 0.289 e. The SMILES string of the molecule is CCc1ccccc1-c1ccccc1C(=O)c1ccccc1. The summed E-state index contributed by atoms with van der Waals surface area (Å²) in [5.74, 6) is 0.0714. The summed E-state index contributed by atoms with van der Waals surface area (Å²) < 4.78 is 0. The molecule has 1 heteroatoms. The fraction of sp³-hybridized carbons (Fsp3) is 0.0952. The van der Waals surface area contributed by atoms with E-state index in [9.17, 15) is 4.79 Å². The minimum absolute atomic E-state index is 0.0714. The smallest absolute Gasteiger partial charge is 0.193 e. The van der Waals surface area contributed by atoms with Crippen LogP contribution in [0.15, 0.2) is 78.9 Å². The van der Waals surface area contributed by atoms with Crippen molar-refractivity contribution < 1.29 is 4.79 Å². The Bertz CT molecular complexity index is 788. The molecular weight excluding hydrogens is 268 g/mol. The van der Waals surface area contributed by atoms with Crippen molar-refractivity contribution in [2.75, 3.05) is 0 Å². The number of ketones is 1. The van der Waals surface area contributed by atoms with E-state index in [0.717, 1.165) is 28.7 Å². The summed E-state index contributed by atoms with van der Waals surface area (Å²) in [4.78, 5) is 12.8. The topological polar surface area (TPSA) is 17.1 Å². The van der Waals surface area contributed by atoms with E-state index in [1.165, 1.54) is 5.56 Å². The molecule has 22 heavy (non-hydrogen) atoms. The van der Waals surface area contributed by atoms with Crippen LogP contribution in [0.3, 0.4) is 0 Å². The van der Waals surface area contributed by atoms with Crippen molar-refractivity contribution in [3.63, 3.8) is 0 Å². The van der Waals surface area contributed by atoms with Gasteiger partial charge in [-0.2, -0.15) is 0 Å². The highest BCUT2D eigenvalue weighted by molar-refractivity contribution is 6.12. The Kier molecular flexibility index (Phi) is 4.15. The van der Waals surface area contributed by atoms with Crippen LogP contribution in [0, 0.1) is 0 Å². The van der Waals surface area contributed by atoms with Gasteiger partial charge in [0, 0.05) is 11.1 Å². The molecule has 0 amide bonds. The van der Waals surface area contributed by atoms with Crippen LogP contribution in [0.4, 0.5) is 0 Å². The molecular formula is C21H18O. The average Bonchev–Trinajstić information content (AvgIpc) is 2.62. The molecule has 1 nitrogen and oxygen atoms in total. The fourth-order valence-electron chi connectivity index (χ4n) is 2.75. The van der Waals surface area contributed by atoms with E-state index in [1.807, 2.05) is 66.7 Å². The number of rotatable bonds is 4. The quantitative estimate of drug-likeness (QED) is 0.606. The maximum absolute atomic E-state index is 12.8. The molecule has 108 valence electrons. The lowest BCUT2D eigenvalue weighted by Gasteiger charge is -2.12. The first-order valence-corrected chi connectivity index (χ1v) is 7.58. The van der Waals surface area contributed by atoms with E-state index < -0.39 is 0 Å². The number of carbonyl (C=O) groups is 1. The van der Waals surface area contributed by atoms with Crippen LogP contribution in [0.2, 0.25) is 0 Å². The average molecular weight is 286 g/mol. The minimum Gasteiger partial charge on any atom is -0.289 e. The first-order chi connectivity index (χ1) is 10.8. The van der Waals surface area contributed by atoms with Gasteiger partial charge in [-0.25, -0.2) is 0 Å². The minimum atomic E-state index is 0.0714. The zero-order valence-electron chi connectivity index (χ0n) is 12.6. The lowest BCUT2D eigenvalue weighted by Crippen LogP contribution is -2.04. The summed E-state index contributed by atoms with van der Waals surface area (Å²) in [6.07, 6.45) is 0.948. The highest BCUT2D eigenvalue weighted by atomic mass is 16.1. The van der Waals surface area contributed by atoms with Crippen molar-refractivity contribution in [1.29, 1.82) is 0 Å². The number of carbonyl (C=O) groups excluding carboxylic acids is 1. The molecule has 0 aromatic heterocycles. The molecule has 0 aliphatic rings. The van der Waals surface area contributed by atoms with E-state index in [2.05, 4.69) is 19.1 Å². The normalized spacial score (nSPS) is 10.4. The molecule has 3 aromatic rings. The van der Waals surface area contributed by atoms with Crippen LogP contribution in [0.5, 0.6) is 0 Å². The van der Waals surface area contributed by atoms with Gasteiger partial charge in [0.15, 0.2) is 5.78 Å². The van der Waals surface area contributed by atoms with Crippen molar-refractivity contribution in [3.05, 3.63) is 95.6 Å². The molecule has 0 saturated heterocycles. The van der Waals surface area contributed by atoms with E-state index in [-0.39, 0.29) is 5.78 Å². The highest BCUT2D eigenvalue weighted by Crippen LogP contribution is 2.29. The Morgan fingerprint density at radius 3 is 2.05 bits per heavy atom. The number of benzene rings is 3. The van der Waals surface area contributed by atoms with Crippen LogP contribution in [-0.4, -0.2) is 5.78 Å². The van der Waals surface area contributed by atoms with Gasteiger partial charge in [0.25, 0.3) is 0 Å². The lowest BCUT2D eigenvalue weighted by molar-refractivity contribution is 0.103. The number of aryl methyl sites for hydroxylation is 1. The zero-order valence-corrected chi connectivity index (χ0v) is 12.6. The molecule has 0 N–H and O–H groups in total. The maximum atomic E-state index is 12.8. The van der Waals surface area contributed by atoms with Gasteiger partial charge in [-0.05, 0) is 23.1 Å². The predicted octanol–water partition coefficient (Wildman–Crippen LogP) is 5.15. The van der Waals surface area contributed by atoms with Crippen LogP contribution < -0.4 is 0 Å². The second-order valence-corrected chi connectivity index (χ2v) is 5.25. The predicted molar refractivity (Wildman–Crippen MR) is 91.1 cm³/mol. The number of hydrogen-bond acceptors (Lipinski definition) is 1. The van der Waals surface area contributed by atoms with Crippen molar-refractivity contribution in [1.82, 2.24) is 0 Å². The third kappa shape index (κ3) is 2.71. The Balaban J connectivity index is 2.13. The van der Waals surface area contributed by atoms with Crippen LogP contribution >= 0.6 is 0 Å². The molecule has 0 unspecified atom stereocenters. The molecule has 3 rings (SSSR count). The zero-order chi connectivity index (χ0) is 15.4. The van der Waals surface area contributed by atoms with E-state index >= 15 is 0 Å². The molecule has 0 bridgehead atoms. The molecule has 0 atom stereocenters. The second kappa shape index (κ2) is 6.40. The highest BCUT2D eigenvalue weighted by Gasteiger charge is 2.15. The van der Waals surface area contributed by atoms with Crippen molar-refractivity contribution >= 4 is 5.78 Å². The van der Waals surface area contributed by atoms with Crippen molar-refractivity contribution in [2.24, 2.45) is 0 Å². The Hall–Kier alpha value is -2.67. The van der Waals surface area contributed by atoms with E-state index in [4.69, 9.17) is 0 Å². The van der Waals surface area contributed by atoms with Gasteiger partial charge in [0.1, 0.15) is 0 Å². The van der Waals surface area contributed by atoms with Gasteiger partial charge in [-0.3, -0.25) is 4.79 Å². The Morgan fingerprint density at radius 2 is 1.32 bits per heavy atom. The third-order valence-electron chi connectivity index (χ3n) is 3.90.